The number of nitrogens with one attached hydrogen (secondary N) is 1. The second-order valence-electron chi connectivity index (χ2n) is 4.28. The molecule has 1 heterocycles. The molecule has 0 radical (unpaired) electrons. The second kappa shape index (κ2) is 5.32. The zero-order chi connectivity index (χ0) is 13.9. The van der Waals surface area contributed by atoms with Crippen molar-refractivity contribution in [3.63, 3.8) is 0 Å². The maximum Gasteiger partial charge on any atom is 0.163 e. The van der Waals surface area contributed by atoms with Gasteiger partial charge in [0.2, 0.25) is 0 Å². The molecular weight excluding hydrogens is 314 g/mol. The van der Waals surface area contributed by atoms with Crippen LogP contribution in [0.15, 0.2) is 59.2 Å². The highest BCUT2D eigenvalue weighted by Crippen LogP contribution is 2.32. The maximum absolute atomic E-state index is 9.09. The number of hydrogen-bond donors (Lipinski definition) is 1. The van der Waals surface area contributed by atoms with Crippen LogP contribution in [0.2, 0.25) is 0 Å². The van der Waals surface area contributed by atoms with Gasteiger partial charge in [-0.2, -0.15) is 5.26 Å². The van der Waals surface area contributed by atoms with Crippen molar-refractivity contribution in [2.75, 3.05) is 5.32 Å². The number of fused-ring (bicyclic) bond motifs is 1. The first-order valence-electron chi connectivity index (χ1n) is 6.09. The van der Waals surface area contributed by atoms with Crippen LogP contribution in [0.3, 0.4) is 0 Å². The largest absolute Gasteiger partial charge is 0.353 e. The van der Waals surface area contributed by atoms with Crippen molar-refractivity contribution >= 4 is 38.1 Å². The number of anilines is 2. The molecule has 0 aliphatic heterocycles. The summed E-state index contributed by atoms with van der Waals surface area (Å²) in [4.78, 5) is 4.06. The van der Waals surface area contributed by atoms with E-state index in [9.17, 15) is 0 Å². The molecule has 20 heavy (non-hydrogen) atoms. The Kier molecular flexibility index (Phi) is 3.36. The Hall–Kier alpha value is -2.38. The highest BCUT2D eigenvalue weighted by Gasteiger charge is 2.07. The van der Waals surface area contributed by atoms with E-state index in [-0.39, 0.29) is 0 Å². The topological polar surface area (TPSA) is 48.7 Å². The van der Waals surface area contributed by atoms with E-state index >= 15 is 0 Å². The first-order chi connectivity index (χ1) is 9.79. The van der Waals surface area contributed by atoms with Gasteiger partial charge in [-0.1, -0.05) is 40.2 Å². The van der Waals surface area contributed by atoms with Gasteiger partial charge in [-0.15, -0.1) is 0 Å². The summed E-state index contributed by atoms with van der Waals surface area (Å²) in [5, 5.41) is 14.6. The van der Waals surface area contributed by atoms with E-state index in [2.05, 4.69) is 38.4 Å². The van der Waals surface area contributed by atoms with E-state index in [0.29, 0.717) is 11.4 Å². The lowest BCUT2D eigenvalue weighted by atomic mass is 10.1. The predicted octanol–water partition coefficient (Wildman–Crippen LogP) is 4.61. The quantitative estimate of drug-likeness (QED) is 0.749. The van der Waals surface area contributed by atoms with E-state index < -0.39 is 0 Å². The molecule has 1 N–H and O–H groups in total. The Balaban J connectivity index is 2.12. The molecule has 0 amide bonds. The van der Waals surface area contributed by atoms with Gasteiger partial charge in [0.1, 0.15) is 6.07 Å². The van der Waals surface area contributed by atoms with Crippen molar-refractivity contribution in [3.05, 3.63) is 64.9 Å². The van der Waals surface area contributed by atoms with Crippen molar-refractivity contribution in [3.8, 4) is 6.07 Å². The number of halogens is 1. The summed E-state index contributed by atoms with van der Waals surface area (Å²) in [5.41, 5.74) is 2.05. The fourth-order valence-electron chi connectivity index (χ4n) is 2.11. The fraction of sp³-hybridized carbons (Fsp3) is 0. The molecule has 3 aromatic rings. The normalized spacial score (nSPS) is 10.2. The third-order valence-corrected chi connectivity index (χ3v) is 3.75. The van der Waals surface area contributed by atoms with Crippen molar-refractivity contribution in [1.82, 2.24) is 4.98 Å². The lowest BCUT2D eigenvalue weighted by molar-refractivity contribution is 1.26. The van der Waals surface area contributed by atoms with Crippen LogP contribution in [0, 0.1) is 11.3 Å². The van der Waals surface area contributed by atoms with E-state index in [1.807, 2.05) is 42.5 Å². The van der Waals surface area contributed by atoms with Crippen LogP contribution in [0.25, 0.3) is 10.8 Å². The number of aromatic nitrogens is 1. The average molecular weight is 324 g/mol. The van der Waals surface area contributed by atoms with Crippen LogP contribution >= 0.6 is 15.9 Å². The SMILES string of the molecule is N#Cc1ncccc1Nc1ccc(Br)c2ccccc12. The summed E-state index contributed by atoms with van der Waals surface area (Å²) in [5.74, 6) is 0. The Bertz CT molecular complexity index is 821. The van der Waals surface area contributed by atoms with Gasteiger partial charge in [0.25, 0.3) is 0 Å². The summed E-state index contributed by atoms with van der Waals surface area (Å²) in [6.07, 6.45) is 1.61. The number of pyridine rings is 1. The summed E-state index contributed by atoms with van der Waals surface area (Å²) < 4.78 is 1.05. The molecule has 0 spiro atoms. The molecular formula is C16H10BrN3. The molecule has 0 aliphatic rings. The fourth-order valence-corrected chi connectivity index (χ4v) is 2.59. The number of nitrogens with zero attached hydrogens (tertiary/aromatic N) is 2. The van der Waals surface area contributed by atoms with Crippen LogP contribution in [0.4, 0.5) is 11.4 Å². The molecule has 0 fully saturated rings. The molecule has 4 heteroatoms. The van der Waals surface area contributed by atoms with Gasteiger partial charge < -0.3 is 5.32 Å². The highest BCUT2D eigenvalue weighted by molar-refractivity contribution is 9.10. The molecule has 1 aromatic heterocycles. The molecule has 0 atom stereocenters. The van der Waals surface area contributed by atoms with Gasteiger partial charge in [0, 0.05) is 21.7 Å². The zero-order valence-corrected chi connectivity index (χ0v) is 12.1. The Morgan fingerprint density at radius 1 is 0.950 bits per heavy atom. The molecule has 3 nitrogen and oxygen atoms in total. The van der Waals surface area contributed by atoms with Gasteiger partial charge in [-0.25, -0.2) is 4.98 Å². The molecule has 96 valence electrons. The first-order valence-corrected chi connectivity index (χ1v) is 6.88. The van der Waals surface area contributed by atoms with Gasteiger partial charge >= 0.3 is 0 Å². The van der Waals surface area contributed by atoms with Crippen molar-refractivity contribution < 1.29 is 0 Å². The Morgan fingerprint density at radius 3 is 2.55 bits per heavy atom. The molecule has 0 unspecified atom stereocenters. The zero-order valence-electron chi connectivity index (χ0n) is 10.5. The second-order valence-corrected chi connectivity index (χ2v) is 5.13. The molecule has 2 aromatic carbocycles. The summed E-state index contributed by atoms with van der Waals surface area (Å²) in [6.45, 7) is 0. The highest BCUT2D eigenvalue weighted by atomic mass is 79.9. The summed E-state index contributed by atoms with van der Waals surface area (Å²) >= 11 is 3.55. The monoisotopic (exact) mass is 323 g/mol. The third-order valence-electron chi connectivity index (χ3n) is 3.05. The first kappa shape index (κ1) is 12.6. The van der Waals surface area contributed by atoms with E-state index in [1.54, 1.807) is 6.20 Å². The summed E-state index contributed by atoms with van der Waals surface area (Å²) in [6, 6.07) is 17.8. The van der Waals surface area contributed by atoms with Gasteiger partial charge in [0.15, 0.2) is 5.69 Å². The van der Waals surface area contributed by atoms with E-state index in [0.717, 1.165) is 20.9 Å². The summed E-state index contributed by atoms with van der Waals surface area (Å²) in [7, 11) is 0. The molecule has 0 bridgehead atoms. The average Bonchev–Trinajstić information content (AvgIpc) is 2.51. The number of hydrogen-bond acceptors (Lipinski definition) is 3. The number of benzene rings is 2. The molecule has 3 rings (SSSR count). The lowest BCUT2D eigenvalue weighted by Gasteiger charge is -2.11. The maximum atomic E-state index is 9.09. The Morgan fingerprint density at radius 2 is 1.75 bits per heavy atom. The van der Waals surface area contributed by atoms with Crippen molar-refractivity contribution in [2.45, 2.75) is 0 Å². The van der Waals surface area contributed by atoms with Crippen molar-refractivity contribution in [1.29, 1.82) is 5.26 Å². The van der Waals surface area contributed by atoms with E-state index in [4.69, 9.17) is 5.26 Å². The minimum atomic E-state index is 0.388. The van der Waals surface area contributed by atoms with Crippen LogP contribution in [-0.4, -0.2) is 4.98 Å². The number of nitriles is 1. The van der Waals surface area contributed by atoms with Crippen LogP contribution in [0.1, 0.15) is 5.69 Å². The third kappa shape index (κ3) is 2.24. The van der Waals surface area contributed by atoms with Gasteiger partial charge in [-0.05, 0) is 29.7 Å². The van der Waals surface area contributed by atoms with Crippen LogP contribution in [0.5, 0.6) is 0 Å². The number of rotatable bonds is 2. The Labute approximate surface area is 125 Å². The van der Waals surface area contributed by atoms with E-state index in [1.165, 1.54) is 0 Å². The molecule has 0 saturated heterocycles. The lowest BCUT2D eigenvalue weighted by Crippen LogP contribution is -1.96. The minimum Gasteiger partial charge on any atom is -0.353 e. The minimum absolute atomic E-state index is 0.388. The van der Waals surface area contributed by atoms with Crippen LogP contribution in [-0.2, 0) is 0 Å². The standard InChI is InChI=1S/C16H10BrN3/c17-13-7-8-14(12-5-2-1-4-11(12)13)20-15-6-3-9-19-16(15)10-18/h1-9,20H. The molecule has 0 aliphatic carbocycles. The van der Waals surface area contributed by atoms with Crippen LogP contribution < -0.4 is 5.32 Å². The van der Waals surface area contributed by atoms with Crippen molar-refractivity contribution in [2.24, 2.45) is 0 Å². The van der Waals surface area contributed by atoms with Gasteiger partial charge in [-0.3, -0.25) is 0 Å². The van der Waals surface area contributed by atoms with Gasteiger partial charge in [0.05, 0.1) is 5.69 Å². The smallest absolute Gasteiger partial charge is 0.163 e. The molecule has 0 saturated carbocycles. The predicted molar refractivity (Wildman–Crippen MR) is 83.9 cm³/mol.